The zero-order valence-electron chi connectivity index (χ0n) is 17.1. The molecule has 1 aliphatic rings. The number of alkyl halides is 2. The first kappa shape index (κ1) is 21.5. The van der Waals surface area contributed by atoms with E-state index in [1.165, 1.54) is 30.6 Å². The van der Waals surface area contributed by atoms with Crippen molar-refractivity contribution in [2.75, 3.05) is 23.8 Å². The Bertz CT molecular complexity index is 1130. The molecular formula is C21H19F3N6O2. The predicted octanol–water partition coefficient (Wildman–Crippen LogP) is 3.24. The smallest absolute Gasteiger partial charge is 0.387 e. The van der Waals surface area contributed by atoms with Crippen molar-refractivity contribution in [2.24, 2.45) is 0 Å². The van der Waals surface area contributed by atoms with Crippen LogP contribution >= 0.6 is 0 Å². The third kappa shape index (κ3) is 4.93. The number of fused-ring (bicyclic) bond motifs is 1. The number of aryl methyl sites for hydroxylation is 1. The van der Waals surface area contributed by atoms with Crippen LogP contribution in [-0.2, 0) is 17.6 Å². The Kier molecular flexibility index (Phi) is 6.15. The van der Waals surface area contributed by atoms with Crippen LogP contribution in [0.1, 0.15) is 17.7 Å². The molecular weight excluding hydrogens is 425 g/mol. The number of carbonyl (C=O) groups is 1. The SMILES string of the molecule is CN(CC(=O)Nc1ccc(F)nc1)c1nc(-c2cc(OC(F)F)ccn2)nc2c1CCC2. The lowest BCUT2D eigenvalue weighted by atomic mass is 10.2. The van der Waals surface area contributed by atoms with Gasteiger partial charge in [-0.2, -0.15) is 13.2 Å². The van der Waals surface area contributed by atoms with Crippen LogP contribution in [0.3, 0.4) is 0 Å². The number of carbonyl (C=O) groups excluding carboxylic acids is 1. The zero-order valence-corrected chi connectivity index (χ0v) is 17.1. The summed E-state index contributed by atoms with van der Waals surface area (Å²) in [6, 6.07) is 5.24. The van der Waals surface area contributed by atoms with Gasteiger partial charge in [0.1, 0.15) is 17.3 Å². The van der Waals surface area contributed by atoms with Gasteiger partial charge in [-0.1, -0.05) is 0 Å². The first-order valence-corrected chi connectivity index (χ1v) is 9.82. The van der Waals surface area contributed by atoms with E-state index in [1.54, 1.807) is 11.9 Å². The lowest BCUT2D eigenvalue weighted by Crippen LogP contribution is -2.31. The number of hydrogen-bond acceptors (Lipinski definition) is 7. The van der Waals surface area contributed by atoms with Crippen molar-refractivity contribution in [2.45, 2.75) is 25.9 Å². The second-order valence-corrected chi connectivity index (χ2v) is 7.18. The van der Waals surface area contributed by atoms with Crippen LogP contribution < -0.4 is 15.0 Å². The molecule has 0 bridgehead atoms. The van der Waals surface area contributed by atoms with Gasteiger partial charge in [0.2, 0.25) is 11.9 Å². The second kappa shape index (κ2) is 9.16. The topological polar surface area (TPSA) is 93.1 Å². The highest BCUT2D eigenvalue weighted by Gasteiger charge is 2.23. The number of nitrogens with zero attached hydrogens (tertiary/aromatic N) is 5. The summed E-state index contributed by atoms with van der Waals surface area (Å²) in [4.78, 5) is 31.0. The van der Waals surface area contributed by atoms with E-state index in [9.17, 15) is 18.0 Å². The molecule has 0 saturated heterocycles. The molecule has 1 aliphatic carbocycles. The fraction of sp³-hybridized carbons (Fsp3) is 0.286. The van der Waals surface area contributed by atoms with Crippen molar-refractivity contribution in [3.05, 3.63) is 53.9 Å². The first-order valence-electron chi connectivity index (χ1n) is 9.82. The van der Waals surface area contributed by atoms with E-state index in [-0.39, 0.29) is 29.7 Å². The molecule has 4 rings (SSSR count). The van der Waals surface area contributed by atoms with E-state index in [1.807, 2.05) is 0 Å². The molecule has 8 nitrogen and oxygen atoms in total. The zero-order chi connectivity index (χ0) is 22.7. The highest BCUT2D eigenvalue weighted by molar-refractivity contribution is 5.93. The molecule has 0 fully saturated rings. The third-order valence-electron chi connectivity index (χ3n) is 4.85. The van der Waals surface area contributed by atoms with Crippen LogP contribution in [0.2, 0.25) is 0 Å². The molecule has 1 amide bonds. The molecule has 0 unspecified atom stereocenters. The molecule has 0 spiro atoms. The van der Waals surface area contributed by atoms with Crippen molar-refractivity contribution in [1.29, 1.82) is 0 Å². The van der Waals surface area contributed by atoms with Gasteiger partial charge in [-0.05, 0) is 37.5 Å². The summed E-state index contributed by atoms with van der Waals surface area (Å²) in [6.45, 7) is -2.98. The molecule has 0 aliphatic heterocycles. The van der Waals surface area contributed by atoms with Crippen LogP contribution in [-0.4, -0.2) is 46.0 Å². The van der Waals surface area contributed by atoms with Crippen molar-refractivity contribution in [1.82, 2.24) is 19.9 Å². The molecule has 0 aromatic carbocycles. The molecule has 166 valence electrons. The molecule has 3 aromatic heterocycles. The maximum absolute atomic E-state index is 13.0. The molecule has 0 atom stereocenters. The Hall–Kier alpha value is -3.76. The number of amides is 1. The monoisotopic (exact) mass is 444 g/mol. The van der Waals surface area contributed by atoms with Gasteiger partial charge in [0.15, 0.2) is 5.82 Å². The number of anilines is 2. The number of ether oxygens (including phenoxy) is 1. The number of likely N-dealkylation sites (N-methyl/N-ethyl adjacent to an activating group) is 1. The molecule has 0 radical (unpaired) electrons. The Balaban J connectivity index is 1.57. The second-order valence-electron chi connectivity index (χ2n) is 7.18. The van der Waals surface area contributed by atoms with E-state index in [0.717, 1.165) is 36.6 Å². The summed E-state index contributed by atoms with van der Waals surface area (Å²) in [5.74, 6) is -0.192. The van der Waals surface area contributed by atoms with E-state index >= 15 is 0 Å². The van der Waals surface area contributed by atoms with Crippen LogP contribution in [0, 0.1) is 5.95 Å². The predicted molar refractivity (Wildman–Crippen MR) is 110 cm³/mol. The molecule has 0 saturated carbocycles. The third-order valence-corrected chi connectivity index (χ3v) is 4.85. The fourth-order valence-electron chi connectivity index (χ4n) is 3.49. The lowest BCUT2D eigenvalue weighted by molar-refractivity contribution is -0.114. The Labute approximate surface area is 181 Å². The van der Waals surface area contributed by atoms with Crippen molar-refractivity contribution >= 4 is 17.4 Å². The van der Waals surface area contributed by atoms with Gasteiger partial charge in [0.25, 0.3) is 0 Å². The lowest BCUT2D eigenvalue weighted by Gasteiger charge is -2.21. The maximum Gasteiger partial charge on any atom is 0.387 e. The summed E-state index contributed by atoms with van der Waals surface area (Å²) in [5, 5.41) is 2.66. The maximum atomic E-state index is 13.0. The highest BCUT2D eigenvalue weighted by atomic mass is 19.3. The van der Waals surface area contributed by atoms with E-state index in [0.29, 0.717) is 11.5 Å². The standard InChI is InChI=1S/C21H19F3N6O2/c1-30(11-18(31)27-12-5-6-17(22)26-10-12)20-14-3-2-4-15(14)28-19(29-20)16-9-13(7-8-25-16)32-21(23)24/h5-10,21H,2-4,11H2,1H3,(H,27,31). The van der Waals surface area contributed by atoms with E-state index in [2.05, 4.69) is 30.0 Å². The number of aromatic nitrogens is 4. The minimum absolute atomic E-state index is 0.0256. The summed E-state index contributed by atoms with van der Waals surface area (Å²) < 4.78 is 42.5. The van der Waals surface area contributed by atoms with Crippen LogP contribution in [0.5, 0.6) is 5.75 Å². The largest absolute Gasteiger partial charge is 0.435 e. The van der Waals surface area contributed by atoms with Gasteiger partial charge in [-0.25, -0.2) is 15.0 Å². The number of hydrogen-bond donors (Lipinski definition) is 1. The van der Waals surface area contributed by atoms with Gasteiger partial charge >= 0.3 is 6.61 Å². The van der Waals surface area contributed by atoms with Crippen LogP contribution in [0.15, 0.2) is 36.7 Å². The Morgan fingerprint density at radius 3 is 2.81 bits per heavy atom. The van der Waals surface area contributed by atoms with E-state index < -0.39 is 12.6 Å². The number of rotatable bonds is 7. The highest BCUT2D eigenvalue weighted by Crippen LogP contribution is 2.31. The quantitative estimate of drug-likeness (QED) is 0.559. The molecule has 3 heterocycles. The minimum atomic E-state index is -2.96. The number of nitrogens with one attached hydrogen (secondary N) is 1. The van der Waals surface area contributed by atoms with Crippen LogP contribution in [0.4, 0.5) is 24.7 Å². The van der Waals surface area contributed by atoms with Gasteiger partial charge in [-0.3, -0.25) is 9.78 Å². The fourth-order valence-corrected chi connectivity index (χ4v) is 3.49. The number of halogens is 3. The van der Waals surface area contributed by atoms with Crippen molar-refractivity contribution in [3.63, 3.8) is 0 Å². The molecule has 1 N–H and O–H groups in total. The average Bonchev–Trinajstić information content (AvgIpc) is 3.23. The molecule has 32 heavy (non-hydrogen) atoms. The molecule has 11 heteroatoms. The van der Waals surface area contributed by atoms with Gasteiger partial charge < -0.3 is 15.0 Å². The molecule has 3 aromatic rings. The first-order chi connectivity index (χ1) is 15.4. The average molecular weight is 444 g/mol. The van der Waals surface area contributed by atoms with Crippen molar-refractivity contribution < 1.29 is 22.7 Å². The number of pyridine rings is 2. The normalized spacial score (nSPS) is 12.5. The Morgan fingerprint density at radius 1 is 1.22 bits per heavy atom. The summed E-state index contributed by atoms with van der Waals surface area (Å²) in [5.41, 5.74) is 2.43. The van der Waals surface area contributed by atoms with Crippen molar-refractivity contribution in [3.8, 4) is 17.3 Å². The minimum Gasteiger partial charge on any atom is -0.435 e. The van der Waals surface area contributed by atoms with E-state index in [4.69, 9.17) is 0 Å². The summed E-state index contributed by atoms with van der Waals surface area (Å²) in [6.07, 6.45) is 4.97. The summed E-state index contributed by atoms with van der Waals surface area (Å²) >= 11 is 0. The van der Waals surface area contributed by atoms with Crippen LogP contribution in [0.25, 0.3) is 11.5 Å². The van der Waals surface area contributed by atoms with Gasteiger partial charge in [0.05, 0.1) is 18.4 Å². The summed E-state index contributed by atoms with van der Waals surface area (Å²) in [7, 11) is 1.72. The van der Waals surface area contributed by atoms with Gasteiger partial charge in [-0.15, -0.1) is 0 Å². The van der Waals surface area contributed by atoms with Gasteiger partial charge in [0, 0.05) is 30.6 Å². The Morgan fingerprint density at radius 2 is 2.06 bits per heavy atom.